The SMILES string of the molecule is Cc1ccc(C2Nc3ccccc3N3C(c4ccccc4)C4C(=O)N(C)C(=O)N(C)C4C23)o1. The molecule has 3 amide bonds. The minimum Gasteiger partial charge on any atom is -0.464 e. The number of carbonyl (C=O) groups is 2. The van der Waals surface area contributed by atoms with E-state index in [1.165, 1.54) is 4.90 Å². The van der Waals surface area contributed by atoms with Gasteiger partial charge in [-0.15, -0.1) is 0 Å². The molecular formula is C26H26N4O3. The van der Waals surface area contributed by atoms with Gasteiger partial charge >= 0.3 is 6.03 Å². The molecule has 0 radical (unpaired) electrons. The molecule has 2 fully saturated rings. The molecule has 0 aliphatic carbocycles. The molecule has 1 N–H and O–H groups in total. The van der Waals surface area contributed by atoms with Gasteiger partial charge in [-0.1, -0.05) is 42.5 Å². The molecule has 1 aromatic heterocycles. The van der Waals surface area contributed by atoms with Crippen LogP contribution in [0.2, 0.25) is 0 Å². The summed E-state index contributed by atoms with van der Waals surface area (Å²) in [5.41, 5.74) is 3.08. The van der Waals surface area contributed by atoms with Gasteiger partial charge in [0.2, 0.25) is 5.91 Å². The van der Waals surface area contributed by atoms with E-state index >= 15 is 0 Å². The molecule has 7 heteroatoms. The Kier molecular flexibility index (Phi) is 4.30. The fourth-order valence-electron chi connectivity index (χ4n) is 5.98. The molecule has 2 aromatic carbocycles. The molecule has 3 aliphatic rings. The largest absolute Gasteiger partial charge is 0.464 e. The maximum Gasteiger partial charge on any atom is 0.326 e. The van der Waals surface area contributed by atoms with Crippen molar-refractivity contribution in [1.82, 2.24) is 9.80 Å². The second kappa shape index (κ2) is 7.13. The number of rotatable bonds is 2. The predicted octanol–water partition coefficient (Wildman–Crippen LogP) is 4.19. The van der Waals surface area contributed by atoms with Gasteiger partial charge in [-0.05, 0) is 36.8 Å². The number of amides is 3. The first-order chi connectivity index (χ1) is 16.0. The normalized spacial score (nSPS) is 28.3. The fraction of sp³-hybridized carbons (Fsp3) is 0.308. The molecular weight excluding hydrogens is 416 g/mol. The Morgan fingerprint density at radius 1 is 0.879 bits per heavy atom. The van der Waals surface area contributed by atoms with Crippen LogP contribution in [0.4, 0.5) is 16.2 Å². The summed E-state index contributed by atoms with van der Waals surface area (Å²) in [4.78, 5) is 32.1. The highest BCUT2D eigenvalue weighted by atomic mass is 16.3. The Balaban J connectivity index is 1.61. The van der Waals surface area contributed by atoms with Crippen LogP contribution in [-0.2, 0) is 4.79 Å². The fourth-order valence-corrected chi connectivity index (χ4v) is 5.98. The molecule has 0 spiro atoms. The highest BCUT2D eigenvalue weighted by molar-refractivity contribution is 6.00. The summed E-state index contributed by atoms with van der Waals surface area (Å²) >= 11 is 0. The molecule has 4 heterocycles. The highest BCUT2D eigenvalue weighted by Gasteiger charge is 2.62. The molecule has 0 bridgehead atoms. The summed E-state index contributed by atoms with van der Waals surface area (Å²) in [7, 11) is 3.38. The number of benzene rings is 2. The first-order valence-corrected chi connectivity index (χ1v) is 11.3. The van der Waals surface area contributed by atoms with Crippen molar-refractivity contribution in [3.8, 4) is 0 Å². The number of nitrogens with one attached hydrogen (secondary N) is 1. The van der Waals surface area contributed by atoms with Crippen LogP contribution in [-0.4, -0.2) is 47.9 Å². The van der Waals surface area contributed by atoms with Gasteiger partial charge in [0.15, 0.2) is 0 Å². The lowest BCUT2D eigenvalue weighted by atomic mass is 9.84. The van der Waals surface area contributed by atoms with Gasteiger partial charge < -0.3 is 19.5 Å². The number of para-hydroxylation sites is 2. The number of furan rings is 1. The van der Waals surface area contributed by atoms with Crippen LogP contribution in [0.15, 0.2) is 71.1 Å². The third kappa shape index (κ3) is 2.74. The summed E-state index contributed by atoms with van der Waals surface area (Å²) in [5, 5.41) is 3.67. The van der Waals surface area contributed by atoms with Crippen LogP contribution < -0.4 is 10.2 Å². The zero-order chi connectivity index (χ0) is 22.9. The molecule has 5 atom stereocenters. The third-order valence-corrected chi connectivity index (χ3v) is 7.37. The maximum absolute atomic E-state index is 13.7. The van der Waals surface area contributed by atoms with Crippen LogP contribution in [0.1, 0.15) is 29.2 Å². The number of hydrogen-bond acceptors (Lipinski definition) is 5. The number of imide groups is 1. The van der Waals surface area contributed by atoms with Crippen LogP contribution in [0, 0.1) is 12.8 Å². The Bertz CT molecular complexity index is 1240. The smallest absolute Gasteiger partial charge is 0.326 e. The molecule has 5 unspecified atom stereocenters. The molecule has 2 saturated heterocycles. The molecule has 3 aromatic rings. The zero-order valence-electron chi connectivity index (χ0n) is 18.8. The molecule has 7 nitrogen and oxygen atoms in total. The number of aryl methyl sites for hydroxylation is 1. The monoisotopic (exact) mass is 442 g/mol. The first-order valence-electron chi connectivity index (χ1n) is 11.3. The second-order valence-electron chi connectivity index (χ2n) is 9.15. The molecule has 6 rings (SSSR count). The minimum absolute atomic E-state index is 0.141. The Labute approximate surface area is 192 Å². The van der Waals surface area contributed by atoms with E-state index in [1.807, 2.05) is 49.4 Å². The van der Waals surface area contributed by atoms with Crippen molar-refractivity contribution >= 4 is 23.3 Å². The minimum atomic E-state index is -0.406. The standard InChI is InChI=1S/C26H26N4O3/c1-15-13-14-19(33-15)21-24-23-20(25(31)29(3)26(32)28(23)2)22(16-9-5-4-6-10-16)30(24)18-12-8-7-11-17(18)27-21/h4-14,20-24,27H,1-3H3. The number of nitrogens with zero attached hydrogens (tertiary/aromatic N) is 3. The van der Waals surface area contributed by atoms with Crippen molar-refractivity contribution in [2.45, 2.75) is 31.1 Å². The molecule has 33 heavy (non-hydrogen) atoms. The zero-order valence-corrected chi connectivity index (χ0v) is 18.8. The number of anilines is 2. The average Bonchev–Trinajstić information content (AvgIpc) is 3.43. The number of carbonyl (C=O) groups excluding carboxylic acids is 2. The van der Waals surface area contributed by atoms with Gasteiger partial charge in [0.1, 0.15) is 17.6 Å². The number of fused-ring (bicyclic) bond motifs is 5. The van der Waals surface area contributed by atoms with E-state index < -0.39 is 5.92 Å². The molecule has 0 saturated carbocycles. The maximum atomic E-state index is 13.7. The van der Waals surface area contributed by atoms with Crippen molar-refractivity contribution in [1.29, 1.82) is 0 Å². The van der Waals surface area contributed by atoms with Crippen LogP contribution in [0.25, 0.3) is 0 Å². The second-order valence-corrected chi connectivity index (χ2v) is 9.15. The number of urea groups is 1. The van der Waals surface area contributed by atoms with E-state index in [9.17, 15) is 9.59 Å². The van der Waals surface area contributed by atoms with E-state index in [2.05, 4.69) is 34.5 Å². The Hall–Kier alpha value is -3.74. The van der Waals surface area contributed by atoms with Crippen molar-refractivity contribution in [2.75, 3.05) is 24.3 Å². The van der Waals surface area contributed by atoms with Gasteiger partial charge in [-0.25, -0.2) is 4.79 Å². The number of likely N-dealkylation sites (N-methyl/N-ethyl adjacent to an activating group) is 1. The van der Waals surface area contributed by atoms with Gasteiger partial charge in [-0.2, -0.15) is 0 Å². The molecule has 3 aliphatic heterocycles. The van der Waals surface area contributed by atoms with Gasteiger partial charge in [0.25, 0.3) is 0 Å². The quantitative estimate of drug-likeness (QED) is 0.645. The number of hydrogen-bond donors (Lipinski definition) is 1. The van der Waals surface area contributed by atoms with Gasteiger partial charge in [-0.3, -0.25) is 9.69 Å². The van der Waals surface area contributed by atoms with Crippen molar-refractivity contribution in [2.24, 2.45) is 5.92 Å². The summed E-state index contributed by atoms with van der Waals surface area (Å²) < 4.78 is 6.09. The summed E-state index contributed by atoms with van der Waals surface area (Å²) in [6, 6.07) is 21.0. The first kappa shape index (κ1) is 19.9. The lowest BCUT2D eigenvalue weighted by Gasteiger charge is -2.45. The molecule has 168 valence electrons. The Morgan fingerprint density at radius 2 is 1.61 bits per heavy atom. The lowest BCUT2D eigenvalue weighted by Crippen LogP contribution is -2.62. The Morgan fingerprint density at radius 3 is 2.33 bits per heavy atom. The van der Waals surface area contributed by atoms with Crippen LogP contribution in [0.5, 0.6) is 0 Å². The van der Waals surface area contributed by atoms with E-state index in [0.717, 1.165) is 28.5 Å². The lowest BCUT2D eigenvalue weighted by molar-refractivity contribution is -0.136. The topological polar surface area (TPSA) is 69.0 Å². The predicted molar refractivity (Wildman–Crippen MR) is 125 cm³/mol. The van der Waals surface area contributed by atoms with Crippen LogP contribution >= 0.6 is 0 Å². The van der Waals surface area contributed by atoms with E-state index in [1.54, 1.807) is 19.0 Å². The summed E-state index contributed by atoms with van der Waals surface area (Å²) in [5.74, 6) is 1.08. The van der Waals surface area contributed by atoms with E-state index in [0.29, 0.717) is 0 Å². The van der Waals surface area contributed by atoms with Crippen LogP contribution in [0.3, 0.4) is 0 Å². The van der Waals surface area contributed by atoms with E-state index in [4.69, 9.17) is 4.42 Å². The van der Waals surface area contributed by atoms with E-state index in [-0.39, 0.29) is 36.1 Å². The van der Waals surface area contributed by atoms with Crippen molar-refractivity contribution < 1.29 is 14.0 Å². The average molecular weight is 443 g/mol. The van der Waals surface area contributed by atoms with Gasteiger partial charge in [0, 0.05) is 14.1 Å². The van der Waals surface area contributed by atoms with Crippen molar-refractivity contribution in [3.63, 3.8) is 0 Å². The summed E-state index contributed by atoms with van der Waals surface area (Å²) in [6.45, 7) is 1.93. The van der Waals surface area contributed by atoms with Crippen molar-refractivity contribution in [3.05, 3.63) is 83.8 Å². The van der Waals surface area contributed by atoms with Gasteiger partial charge in [0.05, 0.1) is 35.4 Å². The third-order valence-electron chi connectivity index (χ3n) is 7.37. The summed E-state index contributed by atoms with van der Waals surface area (Å²) in [6.07, 6.45) is 0. The highest BCUT2D eigenvalue weighted by Crippen LogP contribution is 2.55.